The zero-order chi connectivity index (χ0) is 30.4. The Labute approximate surface area is 251 Å². The van der Waals surface area contributed by atoms with Crippen LogP contribution >= 0.6 is 0 Å². The van der Waals surface area contributed by atoms with E-state index in [2.05, 4.69) is 20.8 Å². The van der Waals surface area contributed by atoms with Crippen LogP contribution < -0.4 is 10.6 Å². The monoisotopic (exact) mass is 586 g/mol. The number of amides is 2. The molecule has 8 nitrogen and oxygen atoms in total. The van der Waals surface area contributed by atoms with Crippen molar-refractivity contribution in [1.29, 1.82) is 0 Å². The molecule has 2 amide bonds. The highest BCUT2D eigenvalue weighted by molar-refractivity contribution is 6.12. The van der Waals surface area contributed by atoms with E-state index < -0.39 is 5.54 Å². The van der Waals surface area contributed by atoms with Gasteiger partial charge in [0, 0.05) is 29.1 Å². The van der Waals surface area contributed by atoms with Gasteiger partial charge in [-0.05, 0) is 97.1 Å². The summed E-state index contributed by atoms with van der Waals surface area (Å²) < 4.78 is 25.2. The Kier molecular flexibility index (Phi) is 6.58. The Balaban J connectivity index is 1.21. The third-order valence-electron chi connectivity index (χ3n) is 8.04. The molecule has 2 aromatic heterocycles. The number of benzene rings is 4. The first-order valence-corrected chi connectivity index (χ1v) is 14.2. The van der Waals surface area contributed by atoms with Crippen LogP contribution in [-0.4, -0.2) is 29.0 Å². The minimum atomic E-state index is -0.673. The Morgan fingerprint density at radius 3 is 2.34 bits per heavy atom. The molecule has 7 rings (SSSR count). The van der Waals surface area contributed by atoms with Crippen molar-refractivity contribution in [3.8, 4) is 33.9 Å². The van der Waals surface area contributed by atoms with Crippen molar-refractivity contribution in [2.45, 2.75) is 25.3 Å². The fourth-order valence-corrected chi connectivity index (χ4v) is 5.43. The highest BCUT2D eigenvalue weighted by atomic mass is 19.1. The maximum atomic E-state index is 13.6. The lowest BCUT2D eigenvalue weighted by Gasteiger charge is -2.15. The Hall–Kier alpha value is -5.57. The van der Waals surface area contributed by atoms with Crippen LogP contribution in [0.3, 0.4) is 0 Å². The van der Waals surface area contributed by atoms with E-state index in [0.717, 1.165) is 22.3 Å². The van der Waals surface area contributed by atoms with Crippen molar-refractivity contribution in [2.75, 3.05) is 7.05 Å². The smallest absolute Gasteiger partial charge is 0.258 e. The zero-order valence-corrected chi connectivity index (χ0v) is 24.0. The molecule has 9 heteroatoms. The summed E-state index contributed by atoms with van der Waals surface area (Å²) in [5, 5.41) is 10.6. The van der Waals surface area contributed by atoms with E-state index in [1.54, 1.807) is 31.3 Å². The van der Waals surface area contributed by atoms with E-state index in [1.165, 1.54) is 12.1 Å². The van der Waals surface area contributed by atoms with Gasteiger partial charge in [0.1, 0.15) is 22.7 Å². The second-order valence-electron chi connectivity index (χ2n) is 11.0. The molecule has 1 fully saturated rings. The molecule has 0 unspecified atom stereocenters. The third kappa shape index (κ3) is 4.82. The maximum Gasteiger partial charge on any atom is 0.258 e. The molecule has 1 saturated carbocycles. The highest BCUT2D eigenvalue weighted by Gasteiger charge is 2.50. The molecule has 1 aliphatic carbocycles. The summed E-state index contributed by atoms with van der Waals surface area (Å²) in [6, 6.07) is 26.4. The second kappa shape index (κ2) is 10.6. The van der Waals surface area contributed by atoms with Gasteiger partial charge in [-0.2, -0.15) is 4.98 Å². The van der Waals surface area contributed by atoms with Gasteiger partial charge in [0.2, 0.25) is 0 Å². The van der Waals surface area contributed by atoms with Crippen LogP contribution in [0.4, 0.5) is 4.39 Å². The van der Waals surface area contributed by atoms with Crippen LogP contribution in [-0.2, 0) is 5.54 Å². The van der Waals surface area contributed by atoms with E-state index in [1.807, 2.05) is 61.5 Å². The minimum absolute atomic E-state index is 0.246. The van der Waals surface area contributed by atoms with Crippen LogP contribution in [0, 0.1) is 12.7 Å². The highest BCUT2D eigenvalue weighted by Crippen LogP contribution is 2.45. The van der Waals surface area contributed by atoms with Crippen LogP contribution in [0.25, 0.3) is 44.9 Å². The van der Waals surface area contributed by atoms with Crippen LogP contribution in [0.2, 0.25) is 0 Å². The predicted molar refractivity (Wildman–Crippen MR) is 163 cm³/mol. The summed E-state index contributed by atoms with van der Waals surface area (Å²) >= 11 is 0. The quantitative estimate of drug-likeness (QED) is 0.208. The third-order valence-corrected chi connectivity index (χ3v) is 8.04. The fraction of sp³-hybridized carbons (Fsp3) is 0.143. The first kappa shape index (κ1) is 27.3. The molecule has 4 aromatic carbocycles. The van der Waals surface area contributed by atoms with Gasteiger partial charge in [-0.15, -0.1) is 0 Å². The van der Waals surface area contributed by atoms with Crippen molar-refractivity contribution < 1.29 is 22.9 Å². The molecule has 0 bridgehead atoms. The zero-order valence-electron chi connectivity index (χ0n) is 24.0. The van der Waals surface area contributed by atoms with Crippen LogP contribution in [0.5, 0.6) is 0 Å². The molecule has 218 valence electrons. The maximum absolute atomic E-state index is 13.6. The molecule has 2 heterocycles. The molecule has 2 N–H and O–H groups in total. The predicted octanol–water partition coefficient (Wildman–Crippen LogP) is 7.04. The van der Waals surface area contributed by atoms with Gasteiger partial charge in [0.15, 0.2) is 5.82 Å². The van der Waals surface area contributed by atoms with Crippen molar-refractivity contribution in [3.63, 3.8) is 0 Å². The molecule has 0 atom stereocenters. The van der Waals surface area contributed by atoms with E-state index in [4.69, 9.17) is 8.94 Å². The average molecular weight is 587 g/mol. The molecule has 6 aromatic rings. The first-order valence-electron chi connectivity index (χ1n) is 14.2. The van der Waals surface area contributed by atoms with Crippen molar-refractivity contribution in [3.05, 3.63) is 119 Å². The van der Waals surface area contributed by atoms with E-state index in [0.29, 0.717) is 58.0 Å². The topological polar surface area (TPSA) is 110 Å². The number of furan rings is 1. The largest absolute Gasteiger partial charge is 0.455 e. The van der Waals surface area contributed by atoms with Gasteiger partial charge in [-0.1, -0.05) is 35.5 Å². The number of aromatic nitrogens is 2. The number of hydrogen-bond acceptors (Lipinski definition) is 6. The second-order valence-corrected chi connectivity index (χ2v) is 11.0. The van der Waals surface area contributed by atoms with E-state index in [9.17, 15) is 14.0 Å². The number of carbonyl (C=O) groups is 2. The normalized spacial score (nSPS) is 13.5. The van der Waals surface area contributed by atoms with E-state index in [-0.39, 0.29) is 17.6 Å². The molecule has 44 heavy (non-hydrogen) atoms. The summed E-state index contributed by atoms with van der Waals surface area (Å²) in [6.07, 6.45) is 1.42. The molecule has 0 radical (unpaired) electrons. The van der Waals surface area contributed by atoms with Crippen molar-refractivity contribution in [2.24, 2.45) is 0 Å². The summed E-state index contributed by atoms with van der Waals surface area (Å²) in [5.41, 5.74) is 4.69. The summed E-state index contributed by atoms with van der Waals surface area (Å²) in [7, 11) is 1.55. The standard InChI is InChI=1S/C35H27FN4O4/c1-20-8-9-24(31(41)39-35(16-17-35)34-38-33(44-40-34)22-6-4-3-5-7-22)19-26(20)23-12-15-28-27(18-23)29(32(42)37-2)30(43-28)21-10-13-25(36)14-11-21/h3-15,18-19H,16-17H2,1-2H3,(H,37,42)(H,39,41). The Morgan fingerprint density at radius 1 is 0.864 bits per heavy atom. The minimum Gasteiger partial charge on any atom is -0.455 e. The molecular formula is C35H27FN4O4. The SMILES string of the molecule is CNC(=O)c1c(-c2ccc(F)cc2)oc2ccc(-c3cc(C(=O)NC4(c5noc(-c6ccccc6)n5)CC4)ccc3C)cc12. The first-order chi connectivity index (χ1) is 21.3. The van der Waals surface area contributed by atoms with Gasteiger partial charge in [0.25, 0.3) is 17.7 Å². The van der Waals surface area contributed by atoms with Gasteiger partial charge in [-0.25, -0.2) is 4.39 Å². The lowest BCUT2D eigenvalue weighted by Crippen LogP contribution is -2.35. The molecular weight excluding hydrogens is 559 g/mol. The number of carbonyl (C=O) groups excluding carboxylic acids is 2. The molecule has 0 aliphatic heterocycles. The number of nitrogens with one attached hydrogen (secondary N) is 2. The van der Waals surface area contributed by atoms with Crippen molar-refractivity contribution >= 4 is 22.8 Å². The number of halogens is 1. The number of fused-ring (bicyclic) bond motifs is 1. The summed E-state index contributed by atoms with van der Waals surface area (Å²) in [6.45, 7) is 1.97. The number of hydrogen-bond donors (Lipinski definition) is 2. The fourth-order valence-electron chi connectivity index (χ4n) is 5.43. The van der Waals surface area contributed by atoms with E-state index >= 15 is 0 Å². The Morgan fingerprint density at radius 2 is 1.61 bits per heavy atom. The number of rotatable bonds is 7. The Bertz CT molecular complexity index is 2040. The lowest BCUT2D eigenvalue weighted by atomic mass is 9.95. The van der Waals surface area contributed by atoms with Gasteiger partial charge < -0.3 is 19.6 Å². The molecule has 0 saturated heterocycles. The van der Waals surface area contributed by atoms with Crippen LogP contribution in [0.15, 0.2) is 99.9 Å². The summed E-state index contributed by atoms with van der Waals surface area (Å²) in [5.74, 6) is 0.275. The average Bonchev–Trinajstić information content (AvgIpc) is 3.47. The van der Waals surface area contributed by atoms with Crippen LogP contribution in [0.1, 0.15) is 44.9 Å². The summed E-state index contributed by atoms with van der Waals surface area (Å²) in [4.78, 5) is 31.1. The lowest BCUT2D eigenvalue weighted by molar-refractivity contribution is 0.0926. The molecule has 0 spiro atoms. The number of nitrogens with zero attached hydrogens (tertiary/aromatic N) is 2. The number of aryl methyl sites for hydroxylation is 1. The van der Waals surface area contributed by atoms with Gasteiger partial charge >= 0.3 is 0 Å². The molecule has 1 aliphatic rings. The van der Waals surface area contributed by atoms with Crippen molar-refractivity contribution in [1.82, 2.24) is 20.8 Å². The van der Waals surface area contributed by atoms with Gasteiger partial charge in [-0.3, -0.25) is 9.59 Å². The van der Waals surface area contributed by atoms with Gasteiger partial charge in [0.05, 0.1) is 5.56 Å².